The highest BCUT2D eigenvalue weighted by atomic mass is 35.5. The summed E-state index contributed by atoms with van der Waals surface area (Å²) in [5, 5.41) is 0. The minimum Gasteiger partial charge on any atom is -0.493 e. The third kappa shape index (κ3) is 2.67. The van der Waals surface area contributed by atoms with Crippen LogP contribution in [0.25, 0.3) is 0 Å². The molecule has 0 spiro atoms. The summed E-state index contributed by atoms with van der Waals surface area (Å²) in [5.74, 6) is 1.67. The standard InChI is InChI=1S/C13H19NO2.ClH/c1-14(2)11-5-9-7-12(15-3)13(16-4)8-10(9)6-11;/h7-8,11H,5-6H2,1-4H3;1H. The van der Waals surface area contributed by atoms with Crippen molar-refractivity contribution in [1.82, 2.24) is 4.90 Å². The van der Waals surface area contributed by atoms with Crippen LogP contribution < -0.4 is 9.47 Å². The van der Waals surface area contributed by atoms with E-state index in [-0.39, 0.29) is 12.4 Å². The zero-order chi connectivity index (χ0) is 11.7. The molecular formula is C13H20ClNO2. The molecule has 2 rings (SSSR count). The molecule has 0 fully saturated rings. The molecule has 0 bridgehead atoms. The Bertz CT molecular complexity index is 360. The van der Waals surface area contributed by atoms with Crippen molar-refractivity contribution in [3.63, 3.8) is 0 Å². The molecule has 0 N–H and O–H groups in total. The molecule has 0 aliphatic heterocycles. The number of halogens is 1. The first kappa shape index (κ1) is 14.1. The summed E-state index contributed by atoms with van der Waals surface area (Å²) in [6.45, 7) is 0. The van der Waals surface area contributed by atoms with Gasteiger partial charge in [-0.1, -0.05) is 0 Å². The molecule has 0 radical (unpaired) electrons. The summed E-state index contributed by atoms with van der Waals surface area (Å²) < 4.78 is 10.6. The van der Waals surface area contributed by atoms with Crippen LogP contribution in [0, 0.1) is 0 Å². The van der Waals surface area contributed by atoms with E-state index in [0.717, 1.165) is 24.3 Å². The van der Waals surface area contributed by atoms with Gasteiger partial charge in [0.05, 0.1) is 14.2 Å². The van der Waals surface area contributed by atoms with Crippen molar-refractivity contribution in [2.45, 2.75) is 18.9 Å². The van der Waals surface area contributed by atoms with Gasteiger partial charge in [0.25, 0.3) is 0 Å². The molecule has 3 nitrogen and oxygen atoms in total. The fourth-order valence-electron chi connectivity index (χ4n) is 2.29. The average molecular weight is 258 g/mol. The predicted molar refractivity (Wildman–Crippen MR) is 71.7 cm³/mol. The van der Waals surface area contributed by atoms with Crippen LogP contribution in [-0.4, -0.2) is 39.3 Å². The molecular weight excluding hydrogens is 238 g/mol. The maximum absolute atomic E-state index is 5.32. The third-order valence-corrected chi connectivity index (χ3v) is 3.35. The fourth-order valence-corrected chi connectivity index (χ4v) is 2.29. The van der Waals surface area contributed by atoms with Gasteiger partial charge in [-0.2, -0.15) is 0 Å². The van der Waals surface area contributed by atoms with E-state index in [0.29, 0.717) is 6.04 Å². The highest BCUT2D eigenvalue weighted by molar-refractivity contribution is 5.85. The zero-order valence-corrected chi connectivity index (χ0v) is 11.6. The number of nitrogens with zero attached hydrogens (tertiary/aromatic N) is 1. The SMILES string of the molecule is COc1cc2c(cc1OC)CC(N(C)C)C2.Cl. The largest absolute Gasteiger partial charge is 0.493 e. The molecule has 0 saturated heterocycles. The van der Waals surface area contributed by atoms with Crippen molar-refractivity contribution in [3.8, 4) is 11.5 Å². The number of likely N-dealkylation sites (N-methyl/N-ethyl adjacent to an activating group) is 1. The lowest BCUT2D eigenvalue weighted by Crippen LogP contribution is -2.27. The lowest BCUT2D eigenvalue weighted by molar-refractivity contribution is 0.303. The average Bonchev–Trinajstić information content (AvgIpc) is 2.69. The molecule has 0 amide bonds. The summed E-state index contributed by atoms with van der Waals surface area (Å²) >= 11 is 0. The van der Waals surface area contributed by atoms with E-state index in [9.17, 15) is 0 Å². The Labute approximate surface area is 109 Å². The summed E-state index contributed by atoms with van der Waals surface area (Å²) in [6.07, 6.45) is 2.20. The number of rotatable bonds is 3. The summed E-state index contributed by atoms with van der Waals surface area (Å²) in [4.78, 5) is 2.28. The van der Waals surface area contributed by atoms with Crippen LogP contribution in [0.2, 0.25) is 0 Å². The number of methoxy groups -OCH3 is 2. The van der Waals surface area contributed by atoms with Crippen LogP contribution >= 0.6 is 12.4 Å². The van der Waals surface area contributed by atoms with Gasteiger partial charge in [0.15, 0.2) is 11.5 Å². The monoisotopic (exact) mass is 257 g/mol. The molecule has 0 aromatic heterocycles. The van der Waals surface area contributed by atoms with E-state index in [1.165, 1.54) is 11.1 Å². The maximum atomic E-state index is 5.32. The van der Waals surface area contributed by atoms with Gasteiger partial charge in [-0.15, -0.1) is 12.4 Å². The van der Waals surface area contributed by atoms with E-state index in [4.69, 9.17) is 9.47 Å². The molecule has 1 aliphatic rings. The zero-order valence-electron chi connectivity index (χ0n) is 10.8. The summed E-state index contributed by atoms with van der Waals surface area (Å²) in [5.41, 5.74) is 2.77. The van der Waals surface area contributed by atoms with Gasteiger partial charge >= 0.3 is 0 Å². The lowest BCUT2D eigenvalue weighted by atomic mass is 10.1. The molecule has 0 atom stereocenters. The van der Waals surface area contributed by atoms with E-state index < -0.39 is 0 Å². The second-order valence-electron chi connectivity index (χ2n) is 4.50. The van der Waals surface area contributed by atoms with Crippen molar-refractivity contribution < 1.29 is 9.47 Å². The predicted octanol–water partition coefficient (Wildman–Crippen LogP) is 2.15. The van der Waals surface area contributed by atoms with E-state index >= 15 is 0 Å². The minimum atomic E-state index is 0. The fraction of sp³-hybridized carbons (Fsp3) is 0.538. The molecule has 0 heterocycles. The van der Waals surface area contributed by atoms with Crippen LogP contribution in [0.1, 0.15) is 11.1 Å². The number of hydrogen-bond donors (Lipinski definition) is 0. The highest BCUT2D eigenvalue weighted by Gasteiger charge is 2.24. The van der Waals surface area contributed by atoms with Gasteiger partial charge in [-0.3, -0.25) is 0 Å². The summed E-state index contributed by atoms with van der Waals surface area (Å²) in [6, 6.07) is 4.82. The van der Waals surface area contributed by atoms with E-state index in [1.807, 2.05) is 0 Å². The van der Waals surface area contributed by atoms with Crippen molar-refractivity contribution in [3.05, 3.63) is 23.3 Å². The Morgan fingerprint density at radius 1 is 1.00 bits per heavy atom. The second-order valence-corrected chi connectivity index (χ2v) is 4.50. The van der Waals surface area contributed by atoms with Gasteiger partial charge in [0.2, 0.25) is 0 Å². The van der Waals surface area contributed by atoms with Crippen LogP contribution in [0.15, 0.2) is 12.1 Å². The van der Waals surface area contributed by atoms with Crippen molar-refractivity contribution in [2.75, 3.05) is 28.3 Å². The van der Waals surface area contributed by atoms with Crippen molar-refractivity contribution in [2.24, 2.45) is 0 Å². The number of ether oxygens (including phenoxy) is 2. The molecule has 1 aromatic carbocycles. The van der Waals surface area contributed by atoms with Gasteiger partial charge in [-0.05, 0) is 50.2 Å². The Morgan fingerprint density at radius 3 is 1.71 bits per heavy atom. The van der Waals surface area contributed by atoms with Crippen LogP contribution in [0.3, 0.4) is 0 Å². The number of benzene rings is 1. The van der Waals surface area contributed by atoms with E-state index in [2.05, 4.69) is 31.1 Å². The normalized spacial score (nSPS) is 14.4. The molecule has 0 saturated carbocycles. The molecule has 4 heteroatoms. The Kier molecular flexibility index (Phi) is 4.66. The quantitative estimate of drug-likeness (QED) is 0.828. The Balaban J connectivity index is 0.00000144. The van der Waals surface area contributed by atoms with Crippen LogP contribution in [0.4, 0.5) is 0 Å². The van der Waals surface area contributed by atoms with Crippen molar-refractivity contribution >= 4 is 12.4 Å². The summed E-state index contributed by atoms with van der Waals surface area (Å²) in [7, 11) is 7.63. The first-order valence-corrected chi connectivity index (χ1v) is 5.56. The topological polar surface area (TPSA) is 21.7 Å². The van der Waals surface area contributed by atoms with E-state index in [1.54, 1.807) is 14.2 Å². The lowest BCUT2D eigenvalue weighted by Gasteiger charge is -2.17. The van der Waals surface area contributed by atoms with Gasteiger partial charge in [0.1, 0.15) is 0 Å². The third-order valence-electron chi connectivity index (χ3n) is 3.35. The smallest absolute Gasteiger partial charge is 0.161 e. The molecule has 1 aliphatic carbocycles. The first-order chi connectivity index (χ1) is 7.65. The Hall–Kier alpha value is -0.930. The molecule has 17 heavy (non-hydrogen) atoms. The first-order valence-electron chi connectivity index (χ1n) is 5.56. The molecule has 1 aromatic rings. The Morgan fingerprint density at radius 2 is 1.41 bits per heavy atom. The maximum Gasteiger partial charge on any atom is 0.161 e. The minimum absolute atomic E-state index is 0. The molecule has 96 valence electrons. The van der Waals surface area contributed by atoms with Gasteiger partial charge < -0.3 is 14.4 Å². The molecule has 0 unspecified atom stereocenters. The second kappa shape index (κ2) is 5.61. The number of fused-ring (bicyclic) bond motifs is 1. The van der Waals surface area contributed by atoms with Gasteiger partial charge in [0, 0.05) is 6.04 Å². The van der Waals surface area contributed by atoms with Gasteiger partial charge in [-0.25, -0.2) is 0 Å². The van der Waals surface area contributed by atoms with Crippen molar-refractivity contribution in [1.29, 1.82) is 0 Å². The highest BCUT2D eigenvalue weighted by Crippen LogP contribution is 2.35. The van der Waals surface area contributed by atoms with Crippen LogP contribution in [0.5, 0.6) is 11.5 Å². The number of hydrogen-bond acceptors (Lipinski definition) is 3. The van der Waals surface area contributed by atoms with Crippen LogP contribution in [-0.2, 0) is 12.8 Å².